The number of fused-ring (bicyclic) bond motifs is 2. The van der Waals surface area contributed by atoms with E-state index in [1.54, 1.807) is 0 Å². The van der Waals surface area contributed by atoms with Crippen LogP contribution in [0, 0.1) is 17.2 Å². The number of nitrogens with two attached hydrogens (primary N) is 1. The molecular weight excluding hydrogens is 599 g/mol. The van der Waals surface area contributed by atoms with Crippen molar-refractivity contribution in [1.29, 1.82) is 5.26 Å². The number of nitrogens with zero attached hydrogens (tertiary/aromatic N) is 8. The fourth-order valence-electron chi connectivity index (χ4n) is 7.62. The van der Waals surface area contributed by atoms with Gasteiger partial charge in [0.2, 0.25) is 5.88 Å². The Labute approximate surface area is 274 Å². The molecule has 3 atom stereocenters. The number of nitriles is 1. The highest BCUT2D eigenvalue weighted by Gasteiger charge is 2.37. The number of unbranched alkanes of at least 4 members (excludes halogenated alkanes) is 1. The number of likely N-dealkylation sites (tertiary alicyclic amines) is 1. The number of thiophene rings is 1. The Morgan fingerprint density at radius 1 is 1.11 bits per heavy atom. The van der Waals surface area contributed by atoms with Crippen LogP contribution in [0.5, 0.6) is 5.88 Å². The van der Waals surface area contributed by atoms with Gasteiger partial charge in [-0.3, -0.25) is 4.90 Å². The molecular formula is C34H45N9O2S. The number of anilines is 2. The molecule has 12 heteroatoms. The first-order valence-electron chi connectivity index (χ1n) is 17.2. The van der Waals surface area contributed by atoms with E-state index in [0.29, 0.717) is 52.3 Å². The summed E-state index contributed by atoms with van der Waals surface area (Å²) in [5.74, 6) is 3.21. The highest BCUT2D eigenvalue weighted by Crippen LogP contribution is 2.45. The van der Waals surface area contributed by atoms with Crippen LogP contribution in [0.25, 0.3) is 33.9 Å². The van der Waals surface area contributed by atoms with Gasteiger partial charge in [0.05, 0.1) is 23.7 Å². The van der Waals surface area contributed by atoms with Gasteiger partial charge in [-0.05, 0) is 64.0 Å². The Morgan fingerprint density at radius 2 is 1.98 bits per heavy atom. The first-order chi connectivity index (χ1) is 22.4. The topological polar surface area (TPSA) is 135 Å². The van der Waals surface area contributed by atoms with Gasteiger partial charge >= 0.3 is 0 Å². The Balaban J connectivity index is 1.43. The molecule has 7 heterocycles. The van der Waals surface area contributed by atoms with Gasteiger partial charge in [0.15, 0.2) is 22.9 Å². The molecule has 4 aromatic heterocycles. The van der Waals surface area contributed by atoms with Crippen LogP contribution in [-0.2, 0) is 19.4 Å². The van der Waals surface area contributed by atoms with Crippen LogP contribution in [0.3, 0.4) is 0 Å². The summed E-state index contributed by atoms with van der Waals surface area (Å²) >= 11 is 1.47. The molecule has 0 aliphatic carbocycles. The van der Waals surface area contributed by atoms with Gasteiger partial charge < -0.3 is 19.9 Å². The summed E-state index contributed by atoms with van der Waals surface area (Å²) in [6.45, 7) is 13.2. The summed E-state index contributed by atoms with van der Waals surface area (Å²) in [5.41, 5.74) is 9.98. The second-order valence-electron chi connectivity index (χ2n) is 13.2. The van der Waals surface area contributed by atoms with Gasteiger partial charge in [0.1, 0.15) is 28.9 Å². The lowest BCUT2D eigenvalue weighted by atomic mass is 9.94. The number of aryl methyl sites for hydroxylation is 1. The maximum atomic E-state index is 10.1. The predicted octanol–water partition coefficient (Wildman–Crippen LogP) is 6.44. The number of ether oxygens (including phenoxy) is 1. The molecule has 0 saturated carbocycles. The average molecular weight is 644 g/mol. The van der Waals surface area contributed by atoms with Crippen molar-refractivity contribution >= 4 is 33.2 Å². The monoisotopic (exact) mass is 643 g/mol. The lowest BCUT2D eigenvalue weighted by Gasteiger charge is -2.38. The number of nitrogen functional groups attached to an aromatic ring is 1. The smallest absolute Gasteiger partial charge is 0.246 e. The van der Waals surface area contributed by atoms with Gasteiger partial charge in [0.25, 0.3) is 0 Å². The van der Waals surface area contributed by atoms with E-state index >= 15 is 0 Å². The minimum Gasteiger partial charge on any atom is -0.474 e. The lowest BCUT2D eigenvalue weighted by molar-refractivity contribution is 0.228. The van der Waals surface area contributed by atoms with E-state index in [1.165, 1.54) is 17.8 Å². The third kappa shape index (κ3) is 5.31. The molecule has 4 aromatic rings. The summed E-state index contributed by atoms with van der Waals surface area (Å²) in [6.07, 6.45) is 8.98. The normalized spacial score (nSPS) is 21.4. The van der Waals surface area contributed by atoms with Crippen molar-refractivity contribution in [3.8, 4) is 34.8 Å². The number of hydrogen-bond donors (Lipinski definition) is 1. The molecule has 2 unspecified atom stereocenters. The maximum Gasteiger partial charge on any atom is 0.246 e. The zero-order valence-corrected chi connectivity index (χ0v) is 28.3. The average Bonchev–Trinajstić information content (AvgIpc) is 3.81. The number of hydrogen-bond acceptors (Lipinski definition) is 11. The van der Waals surface area contributed by atoms with Crippen LogP contribution < -0.4 is 15.4 Å². The SMILES string of the molecule is CCCCc1c(-c2nc3c4c(nn(CC5CCCN5CC)c4n2)OC[C@H]2CCC(C)CN32)noc1-c1c(CCC)sc(N)c1C#N. The summed E-state index contributed by atoms with van der Waals surface area (Å²) in [5, 5.41) is 21.3. The minimum absolute atomic E-state index is 0.228. The van der Waals surface area contributed by atoms with E-state index in [9.17, 15) is 5.26 Å². The number of likely N-dealkylation sites (N-methyl/N-ethyl adjacent to an activating group) is 1. The second-order valence-corrected chi connectivity index (χ2v) is 14.4. The van der Waals surface area contributed by atoms with Gasteiger partial charge in [0, 0.05) is 23.0 Å². The van der Waals surface area contributed by atoms with Crippen molar-refractivity contribution in [1.82, 2.24) is 29.8 Å². The van der Waals surface area contributed by atoms with Crippen LogP contribution in [0.4, 0.5) is 10.8 Å². The zero-order valence-electron chi connectivity index (χ0n) is 27.5. The number of aromatic nitrogens is 5. The first kappa shape index (κ1) is 30.9. The van der Waals surface area contributed by atoms with Gasteiger partial charge in [-0.25, -0.2) is 14.6 Å². The molecule has 0 radical (unpaired) electrons. The van der Waals surface area contributed by atoms with Crippen molar-refractivity contribution < 1.29 is 9.26 Å². The lowest BCUT2D eigenvalue weighted by Crippen LogP contribution is -2.45. The predicted molar refractivity (Wildman–Crippen MR) is 181 cm³/mol. The summed E-state index contributed by atoms with van der Waals surface area (Å²) in [6, 6.07) is 2.98. The number of piperidine rings is 1. The van der Waals surface area contributed by atoms with E-state index in [1.807, 2.05) is 4.68 Å². The molecule has 0 amide bonds. The summed E-state index contributed by atoms with van der Waals surface area (Å²) in [7, 11) is 0. The molecule has 3 aliphatic heterocycles. The maximum absolute atomic E-state index is 10.1. The van der Waals surface area contributed by atoms with Crippen LogP contribution in [0.1, 0.15) is 88.6 Å². The Hall–Kier alpha value is -3.69. The fourth-order valence-corrected chi connectivity index (χ4v) is 8.74. The molecule has 46 heavy (non-hydrogen) atoms. The van der Waals surface area contributed by atoms with Crippen LogP contribution >= 0.6 is 11.3 Å². The van der Waals surface area contributed by atoms with Gasteiger partial charge in [-0.15, -0.1) is 16.4 Å². The standard InChI is InChI=1S/C34H45N9O2S/c1-5-8-12-23-28(40-45-29(23)26-24(16-35)30(36)46-25(26)10-6-2)31-37-32-27-33(38-31)43(18-21-11-9-15-41(21)7-3)39-34(27)44-19-22-14-13-20(4)17-42(22)32/h20-22H,5-15,17-19,36H2,1-4H3/t20?,21?,22-/m1/s1. The third-order valence-corrected chi connectivity index (χ3v) is 11.1. The molecule has 0 aromatic carbocycles. The largest absolute Gasteiger partial charge is 0.474 e. The minimum atomic E-state index is 0.228. The Morgan fingerprint density at radius 3 is 2.76 bits per heavy atom. The Kier molecular flexibility index (Phi) is 8.63. The van der Waals surface area contributed by atoms with Crippen molar-refractivity contribution in [2.45, 2.75) is 104 Å². The van der Waals surface area contributed by atoms with E-state index in [2.05, 4.69) is 48.7 Å². The van der Waals surface area contributed by atoms with E-state index in [0.717, 1.165) is 110 Å². The van der Waals surface area contributed by atoms with E-state index in [4.69, 9.17) is 30.1 Å². The van der Waals surface area contributed by atoms with Crippen molar-refractivity contribution in [2.75, 3.05) is 36.9 Å². The quantitative estimate of drug-likeness (QED) is 0.206. The molecule has 0 spiro atoms. The number of rotatable bonds is 10. The molecule has 11 nitrogen and oxygen atoms in total. The molecule has 2 fully saturated rings. The van der Waals surface area contributed by atoms with Crippen molar-refractivity contribution in [3.63, 3.8) is 0 Å². The summed E-state index contributed by atoms with van der Waals surface area (Å²) < 4.78 is 14.7. The molecule has 3 aliphatic rings. The summed E-state index contributed by atoms with van der Waals surface area (Å²) in [4.78, 5) is 16.6. The Bertz CT molecular complexity index is 1770. The zero-order chi connectivity index (χ0) is 31.9. The van der Waals surface area contributed by atoms with Gasteiger partial charge in [-0.2, -0.15) is 5.26 Å². The van der Waals surface area contributed by atoms with Crippen LogP contribution in [-0.4, -0.2) is 68.1 Å². The van der Waals surface area contributed by atoms with Crippen molar-refractivity contribution in [3.05, 3.63) is 16.0 Å². The van der Waals surface area contributed by atoms with Crippen LogP contribution in [0.2, 0.25) is 0 Å². The van der Waals surface area contributed by atoms with Gasteiger partial charge in [-0.1, -0.05) is 45.7 Å². The molecule has 2 saturated heterocycles. The third-order valence-electron chi connectivity index (χ3n) is 10.1. The highest BCUT2D eigenvalue weighted by molar-refractivity contribution is 7.16. The van der Waals surface area contributed by atoms with E-state index in [-0.39, 0.29) is 6.04 Å². The first-order valence-corrected chi connectivity index (χ1v) is 18.0. The molecule has 0 bridgehead atoms. The molecule has 7 rings (SSSR count). The van der Waals surface area contributed by atoms with E-state index < -0.39 is 0 Å². The fraction of sp³-hybridized carbons (Fsp3) is 0.618. The van der Waals surface area contributed by atoms with Crippen LogP contribution in [0.15, 0.2) is 4.52 Å². The second kappa shape index (κ2) is 12.8. The van der Waals surface area contributed by atoms with Crippen molar-refractivity contribution in [2.24, 2.45) is 5.92 Å². The molecule has 244 valence electrons. The molecule has 2 N–H and O–H groups in total. The highest BCUT2D eigenvalue weighted by atomic mass is 32.1.